The van der Waals surface area contributed by atoms with Crippen molar-refractivity contribution in [3.05, 3.63) is 57.0 Å². The fourth-order valence-electron chi connectivity index (χ4n) is 3.12. The van der Waals surface area contributed by atoms with Gasteiger partial charge < -0.3 is 9.88 Å². The van der Waals surface area contributed by atoms with Crippen LogP contribution < -0.4 is 16.6 Å². The molecule has 0 radical (unpaired) electrons. The molecule has 0 saturated heterocycles. The number of amides is 1. The Hall–Kier alpha value is -3.49. The predicted octanol–water partition coefficient (Wildman–Crippen LogP) is 1.23. The number of anilines is 1. The third-order valence-electron chi connectivity index (χ3n) is 4.76. The maximum atomic E-state index is 12.8. The Bertz CT molecular complexity index is 1180. The lowest BCUT2D eigenvalue weighted by Gasteiger charge is -2.17. The number of imidazole rings is 1. The van der Waals surface area contributed by atoms with Crippen molar-refractivity contribution < 1.29 is 9.59 Å². The Balaban J connectivity index is 1.99. The van der Waals surface area contributed by atoms with E-state index in [1.165, 1.54) is 36.5 Å². The molecule has 3 aromatic rings. The van der Waals surface area contributed by atoms with Crippen molar-refractivity contribution in [3.8, 4) is 0 Å². The second kappa shape index (κ2) is 7.26. The van der Waals surface area contributed by atoms with E-state index in [0.717, 1.165) is 4.57 Å². The van der Waals surface area contributed by atoms with Gasteiger partial charge in [-0.3, -0.25) is 23.5 Å². The van der Waals surface area contributed by atoms with E-state index >= 15 is 0 Å². The van der Waals surface area contributed by atoms with Crippen LogP contribution in [0.3, 0.4) is 0 Å². The predicted molar refractivity (Wildman–Crippen MR) is 105 cm³/mol. The summed E-state index contributed by atoms with van der Waals surface area (Å²) in [6, 6.07) is 5.88. The first-order valence-corrected chi connectivity index (χ1v) is 8.80. The van der Waals surface area contributed by atoms with E-state index in [1.807, 2.05) is 6.92 Å². The molecule has 1 N–H and O–H groups in total. The molecular formula is C19H21N5O4. The second-order valence-corrected chi connectivity index (χ2v) is 6.58. The molecular weight excluding hydrogens is 362 g/mol. The molecule has 146 valence electrons. The summed E-state index contributed by atoms with van der Waals surface area (Å²) in [5, 5.41) is 2.80. The minimum absolute atomic E-state index is 0.0596. The van der Waals surface area contributed by atoms with Gasteiger partial charge in [0.05, 0.1) is 6.33 Å². The molecule has 3 rings (SSSR count). The largest absolute Gasteiger partial charge is 0.332 e. The lowest BCUT2D eigenvalue weighted by Crippen LogP contribution is -2.38. The zero-order valence-electron chi connectivity index (χ0n) is 16.1. The first kappa shape index (κ1) is 19.3. The molecule has 1 aromatic carbocycles. The summed E-state index contributed by atoms with van der Waals surface area (Å²) in [6.07, 6.45) is 1.81. The van der Waals surface area contributed by atoms with Gasteiger partial charge in [-0.05, 0) is 37.6 Å². The van der Waals surface area contributed by atoms with Crippen LogP contribution in [0, 0.1) is 0 Å². The van der Waals surface area contributed by atoms with Crippen molar-refractivity contribution in [2.24, 2.45) is 14.1 Å². The number of rotatable bonds is 5. The minimum atomic E-state index is -0.692. The maximum Gasteiger partial charge on any atom is 0.332 e. The van der Waals surface area contributed by atoms with Crippen LogP contribution in [0.5, 0.6) is 0 Å². The number of hydrogen-bond acceptors (Lipinski definition) is 5. The Morgan fingerprint density at radius 1 is 1.11 bits per heavy atom. The molecule has 9 heteroatoms. The van der Waals surface area contributed by atoms with Crippen LogP contribution in [-0.2, 0) is 18.9 Å². The van der Waals surface area contributed by atoms with Crippen LogP contribution in [0.1, 0.15) is 36.7 Å². The number of aromatic nitrogens is 4. The number of carbonyl (C=O) groups is 2. The van der Waals surface area contributed by atoms with Gasteiger partial charge in [0.2, 0.25) is 5.91 Å². The van der Waals surface area contributed by atoms with Crippen molar-refractivity contribution in [3.63, 3.8) is 0 Å². The van der Waals surface area contributed by atoms with Gasteiger partial charge in [0.25, 0.3) is 5.56 Å². The summed E-state index contributed by atoms with van der Waals surface area (Å²) in [7, 11) is 2.91. The van der Waals surface area contributed by atoms with Crippen LogP contribution in [-0.4, -0.2) is 30.4 Å². The molecule has 2 heterocycles. The van der Waals surface area contributed by atoms with E-state index in [4.69, 9.17) is 0 Å². The number of ketones is 1. The zero-order valence-corrected chi connectivity index (χ0v) is 16.1. The molecule has 0 bridgehead atoms. The summed E-state index contributed by atoms with van der Waals surface area (Å²) in [5.41, 5.74) is 0.524. The molecule has 9 nitrogen and oxygen atoms in total. The van der Waals surface area contributed by atoms with Gasteiger partial charge >= 0.3 is 5.69 Å². The second-order valence-electron chi connectivity index (χ2n) is 6.58. The summed E-state index contributed by atoms with van der Waals surface area (Å²) < 4.78 is 3.76. The van der Waals surface area contributed by atoms with Gasteiger partial charge in [0.15, 0.2) is 16.9 Å². The minimum Gasteiger partial charge on any atom is -0.324 e. The van der Waals surface area contributed by atoms with E-state index in [1.54, 1.807) is 24.3 Å². The maximum absolute atomic E-state index is 12.8. The van der Waals surface area contributed by atoms with Crippen molar-refractivity contribution >= 4 is 28.5 Å². The Morgan fingerprint density at radius 2 is 1.75 bits per heavy atom. The highest BCUT2D eigenvalue weighted by atomic mass is 16.2. The summed E-state index contributed by atoms with van der Waals surface area (Å²) in [6.45, 7) is 3.29. The Labute approximate surface area is 160 Å². The number of fused-ring (bicyclic) bond motifs is 1. The third kappa shape index (κ3) is 3.15. The first-order chi connectivity index (χ1) is 13.3. The summed E-state index contributed by atoms with van der Waals surface area (Å²) >= 11 is 0. The van der Waals surface area contributed by atoms with Gasteiger partial charge in [0, 0.05) is 25.3 Å². The highest BCUT2D eigenvalue weighted by Crippen LogP contribution is 2.19. The third-order valence-corrected chi connectivity index (χ3v) is 4.76. The van der Waals surface area contributed by atoms with E-state index in [-0.39, 0.29) is 22.9 Å². The van der Waals surface area contributed by atoms with Crippen LogP contribution >= 0.6 is 0 Å². The van der Waals surface area contributed by atoms with Crippen LogP contribution in [0.2, 0.25) is 0 Å². The van der Waals surface area contributed by atoms with Gasteiger partial charge in [-0.25, -0.2) is 9.78 Å². The van der Waals surface area contributed by atoms with E-state index in [2.05, 4.69) is 10.3 Å². The monoisotopic (exact) mass is 383 g/mol. The van der Waals surface area contributed by atoms with E-state index in [9.17, 15) is 19.2 Å². The SMILES string of the molecule is CCC(C(=O)Nc1ccc(C(C)=O)cc1)n1cnc2c1c(=O)n(C)c(=O)n2C. The molecule has 0 spiro atoms. The normalized spacial score (nSPS) is 12.1. The molecule has 2 aromatic heterocycles. The Kier molecular flexibility index (Phi) is 5.00. The van der Waals surface area contributed by atoms with Crippen molar-refractivity contribution in [2.45, 2.75) is 26.3 Å². The lowest BCUT2D eigenvalue weighted by atomic mass is 10.1. The average Bonchev–Trinajstić information content (AvgIpc) is 3.10. The summed E-state index contributed by atoms with van der Waals surface area (Å²) in [4.78, 5) is 53.1. The van der Waals surface area contributed by atoms with E-state index < -0.39 is 17.3 Å². The fraction of sp³-hybridized carbons (Fsp3) is 0.316. The van der Waals surface area contributed by atoms with Gasteiger partial charge in [0.1, 0.15) is 6.04 Å². The molecule has 0 fully saturated rings. The highest BCUT2D eigenvalue weighted by molar-refractivity contribution is 5.97. The molecule has 1 atom stereocenters. The number of nitrogens with zero attached hydrogens (tertiary/aromatic N) is 4. The van der Waals surface area contributed by atoms with Crippen LogP contribution in [0.25, 0.3) is 11.2 Å². The number of benzene rings is 1. The average molecular weight is 383 g/mol. The highest BCUT2D eigenvalue weighted by Gasteiger charge is 2.24. The van der Waals surface area contributed by atoms with E-state index in [0.29, 0.717) is 17.7 Å². The molecule has 0 aliphatic rings. The molecule has 0 saturated carbocycles. The van der Waals surface area contributed by atoms with Crippen molar-refractivity contribution in [1.82, 2.24) is 18.7 Å². The molecule has 1 unspecified atom stereocenters. The molecule has 0 aliphatic carbocycles. The number of carbonyl (C=O) groups excluding carboxylic acids is 2. The Morgan fingerprint density at radius 3 is 2.32 bits per heavy atom. The van der Waals surface area contributed by atoms with Crippen LogP contribution in [0.15, 0.2) is 40.2 Å². The van der Waals surface area contributed by atoms with Crippen LogP contribution in [0.4, 0.5) is 5.69 Å². The number of Topliss-reactive ketones (excluding diaryl/α,β-unsaturated/α-hetero) is 1. The smallest absolute Gasteiger partial charge is 0.324 e. The first-order valence-electron chi connectivity index (χ1n) is 8.80. The zero-order chi connectivity index (χ0) is 20.6. The topological polar surface area (TPSA) is 108 Å². The van der Waals surface area contributed by atoms with Gasteiger partial charge in [-0.1, -0.05) is 6.92 Å². The quantitative estimate of drug-likeness (QED) is 0.667. The molecule has 1 amide bonds. The lowest BCUT2D eigenvalue weighted by molar-refractivity contribution is -0.119. The number of nitrogens with one attached hydrogen (secondary N) is 1. The van der Waals surface area contributed by atoms with Gasteiger partial charge in [-0.15, -0.1) is 0 Å². The molecule has 28 heavy (non-hydrogen) atoms. The van der Waals surface area contributed by atoms with Crippen molar-refractivity contribution in [2.75, 3.05) is 5.32 Å². The number of aryl methyl sites for hydroxylation is 1. The standard InChI is InChI=1S/C19H21N5O4/c1-5-14(17(26)21-13-8-6-12(7-9-13)11(2)25)24-10-20-16-15(24)18(27)23(4)19(28)22(16)3/h6-10,14H,5H2,1-4H3,(H,21,26). The molecule has 0 aliphatic heterocycles. The summed E-state index contributed by atoms with van der Waals surface area (Å²) in [5.74, 6) is -0.385. The number of hydrogen-bond donors (Lipinski definition) is 1. The van der Waals surface area contributed by atoms with Crippen molar-refractivity contribution in [1.29, 1.82) is 0 Å². The fourth-order valence-corrected chi connectivity index (χ4v) is 3.12. The van der Waals surface area contributed by atoms with Gasteiger partial charge in [-0.2, -0.15) is 0 Å².